The number of carbonyl (C=O) groups is 2. The number of piperidine rings is 1. The van der Waals surface area contributed by atoms with Crippen LogP contribution in [0.4, 0.5) is 4.79 Å². The van der Waals surface area contributed by atoms with E-state index in [0.717, 1.165) is 34.3 Å². The number of carbonyl (C=O) groups excluding carboxylic acids is 2. The molecule has 0 atom stereocenters. The first-order valence-corrected chi connectivity index (χ1v) is 10.5. The summed E-state index contributed by atoms with van der Waals surface area (Å²) in [5.74, 6) is 1.34. The molecule has 0 N–H and O–H groups in total. The minimum atomic E-state index is -0.324. The smallest absolute Gasteiger partial charge is 0.409 e. The summed E-state index contributed by atoms with van der Waals surface area (Å²) < 4.78 is 16.8. The summed E-state index contributed by atoms with van der Waals surface area (Å²) in [7, 11) is 1.40. The normalized spacial score (nSPS) is 14.7. The van der Waals surface area contributed by atoms with E-state index in [1.807, 2.05) is 31.2 Å². The Hall–Kier alpha value is -2.35. The van der Waals surface area contributed by atoms with Crippen molar-refractivity contribution in [2.75, 3.05) is 26.8 Å². The van der Waals surface area contributed by atoms with Gasteiger partial charge in [0.2, 0.25) is 5.89 Å². The molecule has 7 nitrogen and oxygen atoms in total. The summed E-state index contributed by atoms with van der Waals surface area (Å²) in [6.07, 6.45) is 2.14. The molecule has 1 fully saturated rings. The first-order chi connectivity index (χ1) is 14.0. The average molecular weight is 465 g/mol. The number of likely N-dealkylation sites (tertiary alicyclic amines) is 1. The molecule has 2 heterocycles. The van der Waals surface area contributed by atoms with Gasteiger partial charge in [-0.25, -0.2) is 9.78 Å². The second kappa shape index (κ2) is 9.91. The van der Waals surface area contributed by atoms with Crippen molar-refractivity contribution >= 4 is 28.0 Å². The van der Waals surface area contributed by atoms with Crippen molar-refractivity contribution in [1.29, 1.82) is 0 Å². The van der Waals surface area contributed by atoms with Crippen LogP contribution in [0.2, 0.25) is 0 Å². The molecular weight excluding hydrogens is 440 g/mol. The number of aromatic nitrogens is 1. The number of rotatable bonds is 6. The van der Waals surface area contributed by atoms with Crippen LogP contribution in [0, 0.1) is 12.8 Å². The standard InChI is InChI=1S/C21H25BrN2O5/c1-14-18(23-20(29-14)16-4-3-5-17(22)13-16)8-11-28-21(26)24-9-6-15(7-10-24)12-19(25)27-2/h3-5,13,15H,6-12H2,1-2H3. The molecule has 3 rings (SSSR count). The van der Waals surface area contributed by atoms with Crippen LogP contribution in [0.25, 0.3) is 11.5 Å². The molecule has 0 unspecified atom stereocenters. The van der Waals surface area contributed by atoms with Crippen molar-refractivity contribution in [2.45, 2.75) is 32.6 Å². The Kier molecular flexibility index (Phi) is 7.30. The lowest BCUT2D eigenvalue weighted by molar-refractivity contribution is -0.142. The van der Waals surface area contributed by atoms with Crippen molar-refractivity contribution in [2.24, 2.45) is 5.92 Å². The van der Waals surface area contributed by atoms with Crippen molar-refractivity contribution < 1.29 is 23.5 Å². The van der Waals surface area contributed by atoms with Gasteiger partial charge in [-0.1, -0.05) is 22.0 Å². The monoisotopic (exact) mass is 464 g/mol. The summed E-state index contributed by atoms with van der Waals surface area (Å²) in [6, 6.07) is 7.75. The quantitative estimate of drug-likeness (QED) is 0.590. The van der Waals surface area contributed by atoms with Gasteiger partial charge in [0.05, 0.1) is 19.4 Å². The molecule has 1 amide bonds. The SMILES string of the molecule is COC(=O)CC1CCN(C(=O)OCCc2nc(-c3cccc(Br)c3)oc2C)CC1. The predicted molar refractivity (Wildman–Crippen MR) is 110 cm³/mol. The van der Waals surface area contributed by atoms with Gasteiger partial charge in [-0.3, -0.25) is 4.79 Å². The summed E-state index contributed by atoms with van der Waals surface area (Å²) in [5.41, 5.74) is 1.67. The third kappa shape index (κ3) is 5.82. The largest absolute Gasteiger partial charge is 0.469 e. The Morgan fingerprint density at radius 3 is 2.76 bits per heavy atom. The maximum atomic E-state index is 12.3. The van der Waals surface area contributed by atoms with Crippen LogP contribution in [0.15, 0.2) is 33.2 Å². The first kappa shape index (κ1) is 21.4. The van der Waals surface area contributed by atoms with E-state index in [2.05, 4.69) is 20.9 Å². The van der Waals surface area contributed by atoms with E-state index >= 15 is 0 Å². The Morgan fingerprint density at radius 1 is 1.31 bits per heavy atom. The van der Waals surface area contributed by atoms with Crippen LogP contribution in [0.5, 0.6) is 0 Å². The van der Waals surface area contributed by atoms with Gasteiger partial charge in [0.1, 0.15) is 5.76 Å². The second-order valence-electron chi connectivity index (χ2n) is 7.11. The molecule has 156 valence electrons. The minimum absolute atomic E-state index is 0.198. The molecule has 29 heavy (non-hydrogen) atoms. The summed E-state index contributed by atoms with van der Waals surface area (Å²) >= 11 is 3.44. The summed E-state index contributed by atoms with van der Waals surface area (Å²) in [5, 5.41) is 0. The lowest BCUT2D eigenvalue weighted by Gasteiger charge is -2.30. The molecule has 1 aromatic heterocycles. The van der Waals surface area contributed by atoms with Crippen LogP contribution in [0.1, 0.15) is 30.7 Å². The number of amides is 1. The molecule has 0 radical (unpaired) electrons. The molecule has 1 aromatic carbocycles. The third-order valence-corrected chi connectivity index (χ3v) is 5.58. The molecule has 0 spiro atoms. The Balaban J connectivity index is 1.46. The molecule has 0 saturated carbocycles. The number of hydrogen-bond donors (Lipinski definition) is 0. The van der Waals surface area contributed by atoms with Crippen LogP contribution in [0.3, 0.4) is 0 Å². The van der Waals surface area contributed by atoms with Crippen LogP contribution in [-0.2, 0) is 20.7 Å². The molecule has 1 aliphatic rings. The molecule has 0 aliphatic carbocycles. The number of nitrogens with zero attached hydrogens (tertiary/aromatic N) is 2. The highest BCUT2D eigenvalue weighted by molar-refractivity contribution is 9.10. The maximum Gasteiger partial charge on any atom is 0.409 e. The van der Waals surface area contributed by atoms with Gasteiger partial charge >= 0.3 is 12.1 Å². The van der Waals surface area contributed by atoms with Crippen molar-refractivity contribution in [3.63, 3.8) is 0 Å². The minimum Gasteiger partial charge on any atom is -0.469 e. The number of methoxy groups -OCH3 is 1. The zero-order chi connectivity index (χ0) is 20.8. The summed E-state index contributed by atoms with van der Waals surface area (Å²) in [4.78, 5) is 29.9. The molecule has 0 bridgehead atoms. The van der Waals surface area contributed by atoms with Gasteiger partial charge in [-0.2, -0.15) is 0 Å². The number of benzene rings is 1. The maximum absolute atomic E-state index is 12.3. The van der Waals surface area contributed by atoms with E-state index in [0.29, 0.717) is 31.8 Å². The topological polar surface area (TPSA) is 81.9 Å². The molecular formula is C21H25BrN2O5. The van der Waals surface area contributed by atoms with Crippen LogP contribution < -0.4 is 0 Å². The van der Waals surface area contributed by atoms with Gasteiger partial charge in [0.15, 0.2) is 0 Å². The van der Waals surface area contributed by atoms with Crippen LogP contribution >= 0.6 is 15.9 Å². The van der Waals surface area contributed by atoms with E-state index in [1.54, 1.807) is 4.90 Å². The Bertz CT molecular complexity index is 859. The lowest BCUT2D eigenvalue weighted by Crippen LogP contribution is -2.39. The number of hydrogen-bond acceptors (Lipinski definition) is 6. The van der Waals surface area contributed by atoms with Gasteiger partial charge < -0.3 is 18.8 Å². The predicted octanol–water partition coefficient (Wildman–Crippen LogP) is 4.37. The lowest BCUT2D eigenvalue weighted by atomic mass is 9.94. The highest BCUT2D eigenvalue weighted by Gasteiger charge is 2.25. The van der Waals surface area contributed by atoms with Gasteiger partial charge in [0.25, 0.3) is 0 Å². The van der Waals surface area contributed by atoms with E-state index in [4.69, 9.17) is 13.9 Å². The number of ether oxygens (including phenoxy) is 2. The van der Waals surface area contributed by atoms with Crippen LogP contribution in [-0.4, -0.2) is 48.8 Å². The fourth-order valence-corrected chi connectivity index (χ4v) is 3.77. The second-order valence-corrected chi connectivity index (χ2v) is 8.02. The van der Waals surface area contributed by atoms with Crippen molar-refractivity contribution in [3.05, 3.63) is 40.2 Å². The van der Waals surface area contributed by atoms with Gasteiger partial charge in [-0.15, -0.1) is 0 Å². The molecule has 2 aromatic rings. The van der Waals surface area contributed by atoms with Gasteiger partial charge in [0, 0.05) is 36.0 Å². The molecule has 1 aliphatic heterocycles. The molecule has 8 heteroatoms. The first-order valence-electron chi connectivity index (χ1n) is 9.67. The fourth-order valence-electron chi connectivity index (χ4n) is 3.37. The highest BCUT2D eigenvalue weighted by atomic mass is 79.9. The fraction of sp³-hybridized carbons (Fsp3) is 0.476. The van der Waals surface area contributed by atoms with E-state index < -0.39 is 0 Å². The zero-order valence-corrected chi connectivity index (χ0v) is 18.2. The van der Waals surface area contributed by atoms with Crippen molar-refractivity contribution in [3.8, 4) is 11.5 Å². The molecule has 1 saturated heterocycles. The highest BCUT2D eigenvalue weighted by Crippen LogP contribution is 2.25. The Morgan fingerprint density at radius 2 is 2.07 bits per heavy atom. The average Bonchev–Trinajstić information content (AvgIpc) is 3.09. The van der Waals surface area contributed by atoms with Crippen molar-refractivity contribution in [1.82, 2.24) is 9.88 Å². The number of oxazole rings is 1. The van der Waals surface area contributed by atoms with E-state index in [9.17, 15) is 9.59 Å². The third-order valence-electron chi connectivity index (χ3n) is 5.08. The number of halogens is 1. The number of aryl methyl sites for hydroxylation is 1. The van der Waals surface area contributed by atoms with E-state index in [1.165, 1.54) is 7.11 Å². The Labute approximate surface area is 178 Å². The zero-order valence-electron chi connectivity index (χ0n) is 16.7. The summed E-state index contributed by atoms with van der Waals surface area (Å²) in [6.45, 7) is 3.29. The number of esters is 1. The van der Waals surface area contributed by atoms with Gasteiger partial charge in [-0.05, 0) is 43.9 Å². The van der Waals surface area contributed by atoms with E-state index in [-0.39, 0.29) is 24.6 Å².